The number of hydrogen-bond acceptors (Lipinski definition) is 4. The number of hydrogen-bond donors (Lipinski definition) is 3. The Balaban J connectivity index is 0.00000127. The van der Waals surface area contributed by atoms with Crippen molar-refractivity contribution >= 4 is 35.5 Å². The summed E-state index contributed by atoms with van der Waals surface area (Å²) >= 11 is 5.83. The molecule has 0 saturated carbocycles. The van der Waals surface area contributed by atoms with Crippen molar-refractivity contribution in [3.05, 3.63) is 47.0 Å². The Morgan fingerprint density at radius 3 is 2.26 bits per heavy atom. The van der Waals surface area contributed by atoms with E-state index in [0.717, 1.165) is 12.1 Å². The smallest absolute Gasteiger partial charge is 0.416 e. The number of rotatable bonds is 3. The van der Waals surface area contributed by atoms with Crippen LogP contribution in [-0.4, -0.2) is 18.9 Å². The lowest BCUT2D eigenvalue weighted by Crippen LogP contribution is -2.06. The molecule has 2 rings (SSSR count). The molecule has 8 heteroatoms. The van der Waals surface area contributed by atoms with Crippen LogP contribution in [0, 0.1) is 0 Å². The standard InChI is InChI=1S/C14H12ClF3N2O.CH2O/c1-19-11-6-8(14(16,17)18)2-4-10(11)20-12-7-9(15)3-5-13(12)21;1-2/h2-7,19-21H,1H3;1H2. The molecule has 3 N–H and O–H groups in total. The maximum atomic E-state index is 12.7. The summed E-state index contributed by atoms with van der Waals surface area (Å²) in [5.41, 5.74) is 0.193. The van der Waals surface area contributed by atoms with Crippen LogP contribution in [0.5, 0.6) is 5.75 Å². The first-order chi connectivity index (χ1) is 10.8. The molecule has 23 heavy (non-hydrogen) atoms. The molecule has 0 atom stereocenters. The zero-order valence-electron chi connectivity index (χ0n) is 12.0. The Kier molecular flexibility index (Phi) is 6.27. The molecule has 0 aliphatic carbocycles. The first-order valence-corrected chi connectivity index (χ1v) is 6.62. The van der Waals surface area contributed by atoms with Gasteiger partial charge in [-0.15, -0.1) is 0 Å². The quantitative estimate of drug-likeness (QED) is 0.707. The van der Waals surface area contributed by atoms with Gasteiger partial charge in [-0.05, 0) is 36.4 Å². The summed E-state index contributed by atoms with van der Waals surface area (Å²) in [6.45, 7) is 2.00. The van der Waals surface area contributed by atoms with Crippen LogP contribution in [0.4, 0.5) is 30.2 Å². The lowest BCUT2D eigenvalue weighted by atomic mass is 10.1. The van der Waals surface area contributed by atoms with Crippen LogP contribution >= 0.6 is 11.6 Å². The highest BCUT2D eigenvalue weighted by Crippen LogP contribution is 2.36. The highest BCUT2D eigenvalue weighted by Gasteiger charge is 2.31. The molecule has 0 aliphatic heterocycles. The number of phenols is 1. The molecule has 4 nitrogen and oxygen atoms in total. The largest absolute Gasteiger partial charge is 0.506 e. The van der Waals surface area contributed by atoms with E-state index in [-0.39, 0.29) is 11.4 Å². The van der Waals surface area contributed by atoms with Gasteiger partial charge in [0.1, 0.15) is 12.5 Å². The van der Waals surface area contributed by atoms with Gasteiger partial charge in [0.2, 0.25) is 0 Å². The van der Waals surface area contributed by atoms with Gasteiger partial charge in [-0.3, -0.25) is 0 Å². The van der Waals surface area contributed by atoms with Gasteiger partial charge < -0.3 is 20.5 Å². The molecule has 0 heterocycles. The van der Waals surface area contributed by atoms with Crippen LogP contribution in [0.15, 0.2) is 36.4 Å². The fourth-order valence-corrected chi connectivity index (χ4v) is 1.96. The first kappa shape index (κ1) is 18.6. The van der Waals surface area contributed by atoms with Crippen molar-refractivity contribution < 1.29 is 23.1 Å². The van der Waals surface area contributed by atoms with Gasteiger partial charge in [0.05, 0.1) is 22.6 Å². The number of carbonyl (C=O) groups is 1. The van der Waals surface area contributed by atoms with Gasteiger partial charge in [0, 0.05) is 12.1 Å². The van der Waals surface area contributed by atoms with Crippen LogP contribution in [0.3, 0.4) is 0 Å². The highest BCUT2D eigenvalue weighted by atomic mass is 35.5. The van der Waals surface area contributed by atoms with Crippen molar-refractivity contribution in [1.29, 1.82) is 0 Å². The normalized spacial score (nSPS) is 10.5. The summed E-state index contributed by atoms with van der Waals surface area (Å²) in [7, 11) is 1.51. The summed E-state index contributed by atoms with van der Waals surface area (Å²) in [5.74, 6) is -0.0543. The van der Waals surface area contributed by atoms with Crippen LogP contribution in [0.1, 0.15) is 5.56 Å². The second-order valence-corrected chi connectivity index (χ2v) is 4.73. The monoisotopic (exact) mass is 346 g/mol. The van der Waals surface area contributed by atoms with E-state index in [9.17, 15) is 18.3 Å². The minimum atomic E-state index is -4.41. The van der Waals surface area contributed by atoms with Crippen molar-refractivity contribution in [3.63, 3.8) is 0 Å². The molecule has 0 bridgehead atoms. The molecule has 2 aromatic carbocycles. The summed E-state index contributed by atoms with van der Waals surface area (Å²) in [6, 6.07) is 7.62. The number of phenolic OH excluding ortho intramolecular Hbond substituents is 1. The molecule has 124 valence electrons. The number of anilines is 3. The first-order valence-electron chi connectivity index (χ1n) is 6.24. The van der Waals surface area contributed by atoms with E-state index in [1.807, 2.05) is 6.79 Å². The molecule has 0 radical (unpaired) electrons. The molecule has 0 unspecified atom stereocenters. The number of benzene rings is 2. The number of nitrogens with one attached hydrogen (secondary N) is 2. The van der Waals surface area contributed by atoms with Gasteiger partial charge in [0.25, 0.3) is 0 Å². The summed E-state index contributed by atoms with van der Waals surface area (Å²) in [5, 5.41) is 15.7. The Labute approximate surface area is 135 Å². The van der Waals surface area contributed by atoms with Crippen molar-refractivity contribution in [1.82, 2.24) is 0 Å². The molecule has 0 fully saturated rings. The van der Waals surface area contributed by atoms with E-state index in [2.05, 4.69) is 10.6 Å². The van der Waals surface area contributed by atoms with E-state index >= 15 is 0 Å². The lowest BCUT2D eigenvalue weighted by molar-refractivity contribution is -0.137. The highest BCUT2D eigenvalue weighted by molar-refractivity contribution is 6.31. The van der Waals surface area contributed by atoms with E-state index in [4.69, 9.17) is 16.4 Å². The average molecular weight is 347 g/mol. The molecule has 0 amide bonds. The molecular weight excluding hydrogens is 333 g/mol. The fourth-order valence-electron chi connectivity index (χ4n) is 1.79. The predicted octanol–water partition coefficient (Wildman–Crippen LogP) is 4.66. The van der Waals surface area contributed by atoms with E-state index in [1.54, 1.807) is 0 Å². The van der Waals surface area contributed by atoms with E-state index in [0.29, 0.717) is 16.4 Å². The Morgan fingerprint density at radius 2 is 1.70 bits per heavy atom. The maximum absolute atomic E-state index is 12.7. The van der Waals surface area contributed by atoms with Crippen molar-refractivity contribution in [2.45, 2.75) is 6.18 Å². The Morgan fingerprint density at radius 1 is 1.04 bits per heavy atom. The third-order valence-electron chi connectivity index (χ3n) is 2.84. The third kappa shape index (κ3) is 4.79. The number of halogens is 4. The molecular formula is C15H14ClF3N2O2. The van der Waals surface area contributed by atoms with Crippen LogP contribution in [0.25, 0.3) is 0 Å². The van der Waals surface area contributed by atoms with Crippen molar-refractivity contribution in [2.75, 3.05) is 17.7 Å². The van der Waals surface area contributed by atoms with E-state index < -0.39 is 11.7 Å². The minimum Gasteiger partial charge on any atom is -0.506 e. The van der Waals surface area contributed by atoms with Crippen LogP contribution in [-0.2, 0) is 11.0 Å². The lowest BCUT2D eigenvalue weighted by Gasteiger charge is -2.15. The SMILES string of the molecule is C=O.CNc1cc(C(F)(F)F)ccc1Nc1cc(Cl)ccc1O. The maximum Gasteiger partial charge on any atom is 0.416 e. The molecule has 0 spiro atoms. The molecule has 2 aromatic rings. The van der Waals surface area contributed by atoms with Crippen molar-refractivity contribution in [3.8, 4) is 5.75 Å². The zero-order chi connectivity index (χ0) is 17.6. The Bertz CT molecular complexity index is 678. The second kappa shape index (κ2) is 7.73. The number of alkyl halides is 3. The van der Waals surface area contributed by atoms with Gasteiger partial charge in [-0.1, -0.05) is 11.6 Å². The fraction of sp³-hybridized carbons (Fsp3) is 0.133. The number of aromatic hydroxyl groups is 1. The van der Waals surface area contributed by atoms with Gasteiger partial charge in [-0.2, -0.15) is 13.2 Å². The zero-order valence-corrected chi connectivity index (χ0v) is 12.8. The Hall–Kier alpha value is -2.41. The molecule has 0 aliphatic rings. The average Bonchev–Trinajstić information content (AvgIpc) is 2.52. The van der Waals surface area contributed by atoms with Gasteiger partial charge >= 0.3 is 6.18 Å². The van der Waals surface area contributed by atoms with Gasteiger partial charge in [0.15, 0.2) is 0 Å². The molecule has 0 aromatic heterocycles. The van der Waals surface area contributed by atoms with Crippen molar-refractivity contribution in [2.24, 2.45) is 0 Å². The summed E-state index contributed by atoms with van der Waals surface area (Å²) < 4.78 is 38.0. The summed E-state index contributed by atoms with van der Waals surface area (Å²) in [4.78, 5) is 8.00. The minimum absolute atomic E-state index is 0.0543. The van der Waals surface area contributed by atoms with E-state index in [1.165, 1.54) is 31.3 Å². The molecule has 0 saturated heterocycles. The summed E-state index contributed by atoms with van der Waals surface area (Å²) in [6.07, 6.45) is -4.41. The van der Waals surface area contributed by atoms with Crippen LogP contribution < -0.4 is 10.6 Å². The second-order valence-electron chi connectivity index (χ2n) is 4.29. The topological polar surface area (TPSA) is 61.4 Å². The van der Waals surface area contributed by atoms with Crippen LogP contribution in [0.2, 0.25) is 5.02 Å². The third-order valence-corrected chi connectivity index (χ3v) is 3.08. The predicted molar refractivity (Wildman–Crippen MR) is 84.5 cm³/mol. The van der Waals surface area contributed by atoms with Gasteiger partial charge in [-0.25, -0.2) is 0 Å². The number of carbonyl (C=O) groups excluding carboxylic acids is 1.